The van der Waals surface area contributed by atoms with Crippen LogP contribution in [0.2, 0.25) is 0 Å². The van der Waals surface area contributed by atoms with Crippen molar-refractivity contribution in [2.45, 2.75) is 12.8 Å². The van der Waals surface area contributed by atoms with Gasteiger partial charge in [0.1, 0.15) is 0 Å². The fourth-order valence-corrected chi connectivity index (χ4v) is 4.71. The monoisotopic (exact) mass is 301 g/mol. The molecule has 1 aliphatic rings. The van der Waals surface area contributed by atoms with E-state index in [1.807, 2.05) is 0 Å². The molecule has 2 rings (SSSR count). The first-order chi connectivity index (χ1) is 9.46. The quantitative estimate of drug-likeness (QED) is 0.892. The molecule has 0 aromatic heterocycles. The Morgan fingerprint density at radius 2 is 2.25 bits per heavy atom. The lowest BCUT2D eigenvalue weighted by Gasteiger charge is -2.21. The Hall–Kier alpha value is -1.14. The van der Waals surface area contributed by atoms with Gasteiger partial charge in [-0.15, -0.1) is 0 Å². The summed E-state index contributed by atoms with van der Waals surface area (Å²) in [5.74, 6) is 0.214. The first-order valence-corrected chi connectivity index (χ1v) is 8.51. The zero-order valence-corrected chi connectivity index (χ0v) is 12.3. The van der Waals surface area contributed by atoms with Crippen LogP contribution in [-0.2, 0) is 16.3 Å². The molecule has 0 bridgehead atoms. The number of hydrogen-bond acceptors (Lipinski definition) is 4. The molecule has 0 spiro atoms. The molecule has 112 valence electrons. The number of methoxy groups -OCH3 is 1. The van der Waals surface area contributed by atoms with Gasteiger partial charge in [-0.25, -0.2) is 12.8 Å². The highest BCUT2D eigenvalue weighted by Gasteiger charge is 2.33. The van der Waals surface area contributed by atoms with Crippen LogP contribution >= 0.6 is 0 Å². The van der Waals surface area contributed by atoms with Crippen LogP contribution in [-0.4, -0.2) is 33.6 Å². The summed E-state index contributed by atoms with van der Waals surface area (Å²) in [6.45, 7) is 0.358. The first kappa shape index (κ1) is 15.3. The molecule has 2 N–H and O–H groups in total. The average Bonchev–Trinajstić information content (AvgIpc) is 2.78. The van der Waals surface area contributed by atoms with E-state index in [0.29, 0.717) is 24.9 Å². The molecule has 20 heavy (non-hydrogen) atoms. The smallest absolute Gasteiger partial charge is 0.168 e. The van der Waals surface area contributed by atoms with Crippen LogP contribution < -0.4 is 10.5 Å². The lowest BCUT2D eigenvalue weighted by molar-refractivity contribution is 0.356. The molecule has 6 heteroatoms. The van der Waals surface area contributed by atoms with Crippen LogP contribution in [0.3, 0.4) is 0 Å². The molecule has 4 nitrogen and oxygen atoms in total. The van der Waals surface area contributed by atoms with Crippen molar-refractivity contribution < 1.29 is 17.5 Å². The van der Waals surface area contributed by atoms with Gasteiger partial charge in [0.2, 0.25) is 0 Å². The number of sulfone groups is 1. The van der Waals surface area contributed by atoms with Crippen molar-refractivity contribution in [2.75, 3.05) is 25.2 Å². The fourth-order valence-electron chi connectivity index (χ4n) is 2.79. The Bertz CT molecular complexity index is 574. The van der Waals surface area contributed by atoms with Crippen molar-refractivity contribution in [1.29, 1.82) is 0 Å². The number of ether oxygens (including phenoxy) is 1. The first-order valence-electron chi connectivity index (χ1n) is 6.68. The van der Waals surface area contributed by atoms with Crippen molar-refractivity contribution in [3.8, 4) is 5.75 Å². The molecule has 1 heterocycles. The van der Waals surface area contributed by atoms with Crippen LogP contribution in [0.15, 0.2) is 18.2 Å². The summed E-state index contributed by atoms with van der Waals surface area (Å²) in [6.07, 6.45) is 1.06. The van der Waals surface area contributed by atoms with E-state index >= 15 is 0 Å². The molecule has 0 saturated carbocycles. The van der Waals surface area contributed by atoms with Gasteiger partial charge in [-0.3, -0.25) is 0 Å². The van der Waals surface area contributed by atoms with Crippen molar-refractivity contribution in [2.24, 2.45) is 17.6 Å². The van der Waals surface area contributed by atoms with Gasteiger partial charge in [-0.2, -0.15) is 0 Å². The fraction of sp³-hybridized carbons (Fsp3) is 0.571. The van der Waals surface area contributed by atoms with Crippen LogP contribution in [0.1, 0.15) is 12.0 Å². The zero-order valence-electron chi connectivity index (χ0n) is 11.5. The van der Waals surface area contributed by atoms with Crippen molar-refractivity contribution in [3.63, 3.8) is 0 Å². The topological polar surface area (TPSA) is 69.4 Å². The van der Waals surface area contributed by atoms with Crippen molar-refractivity contribution in [1.82, 2.24) is 0 Å². The Balaban J connectivity index is 2.15. The number of benzene rings is 1. The Kier molecular flexibility index (Phi) is 4.65. The van der Waals surface area contributed by atoms with Crippen LogP contribution in [0, 0.1) is 17.7 Å². The predicted molar refractivity (Wildman–Crippen MR) is 76.0 cm³/mol. The molecule has 1 fully saturated rings. The SMILES string of the molecule is COc1cccc(CC(CN)C2CCS(=O)(=O)C2)c1F. The summed E-state index contributed by atoms with van der Waals surface area (Å²) in [7, 11) is -1.52. The molecule has 1 aromatic rings. The van der Waals surface area contributed by atoms with E-state index in [0.717, 1.165) is 0 Å². The van der Waals surface area contributed by atoms with Gasteiger partial charge in [0.25, 0.3) is 0 Å². The highest BCUT2D eigenvalue weighted by Crippen LogP contribution is 2.30. The minimum absolute atomic E-state index is 0.0196. The Morgan fingerprint density at radius 1 is 1.50 bits per heavy atom. The normalized spacial score (nSPS) is 22.6. The van der Waals surface area contributed by atoms with E-state index in [1.54, 1.807) is 18.2 Å². The molecule has 0 amide bonds. The Labute approximate surface area is 119 Å². The van der Waals surface area contributed by atoms with Gasteiger partial charge in [0.15, 0.2) is 21.4 Å². The van der Waals surface area contributed by atoms with Crippen LogP contribution in [0.5, 0.6) is 5.75 Å². The molecular weight excluding hydrogens is 281 g/mol. The van der Waals surface area contributed by atoms with Crippen molar-refractivity contribution in [3.05, 3.63) is 29.6 Å². The second kappa shape index (κ2) is 6.10. The highest BCUT2D eigenvalue weighted by atomic mass is 32.2. The number of nitrogens with two attached hydrogens (primary N) is 1. The maximum absolute atomic E-state index is 14.1. The third-order valence-corrected chi connectivity index (χ3v) is 5.78. The predicted octanol–water partition coefficient (Wildman–Crippen LogP) is 1.39. The number of rotatable bonds is 5. The summed E-state index contributed by atoms with van der Waals surface area (Å²) in [6, 6.07) is 5.00. The van der Waals surface area contributed by atoms with E-state index in [1.165, 1.54) is 7.11 Å². The standard InChI is InChI=1S/C14H20FNO3S/c1-19-13-4-2-3-10(14(13)15)7-12(8-16)11-5-6-20(17,18)9-11/h2-4,11-12H,5-9,16H2,1H3. The minimum atomic E-state index is -2.94. The van der Waals surface area contributed by atoms with E-state index in [4.69, 9.17) is 10.5 Å². The number of hydrogen-bond donors (Lipinski definition) is 1. The summed E-state index contributed by atoms with van der Waals surface area (Å²) in [4.78, 5) is 0. The van der Waals surface area contributed by atoms with Crippen LogP contribution in [0.4, 0.5) is 4.39 Å². The highest BCUT2D eigenvalue weighted by molar-refractivity contribution is 7.91. The molecule has 0 radical (unpaired) electrons. The molecular formula is C14H20FNO3S. The number of halogens is 1. The Morgan fingerprint density at radius 3 is 2.80 bits per heavy atom. The van der Waals surface area contributed by atoms with Gasteiger partial charge in [0.05, 0.1) is 18.6 Å². The zero-order chi connectivity index (χ0) is 14.8. The van der Waals surface area contributed by atoms with Crippen molar-refractivity contribution >= 4 is 9.84 Å². The lowest BCUT2D eigenvalue weighted by Crippen LogP contribution is -2.27. The minimum Gasteiger partial charge on any atom is -0.494 e. The maximum atomic E-state index is 14.1. The summed E-state index contributed by atoms with van der Waals surface area (Å²) in [5, 5.41) is 0. The van der Waals surface area contributed by atoms with Gasteiger partial charge in [-0.05, 0) is 42.9 Å². The second-order valence-electron chi connectivity index (χ2n) is 5.30. The average molecular weight is 301 g/mol. The summed E-state index contributed by atoms with van der Waals surface area (Å²) >= 11 is 0. The molecule has 1 aromatic carbocycles. The van der Waals surface area contributed by atoms with Gasteiger partial charge >= 0.3 is 0 Å². The van der Waals surface area contributed by atoms with Crippen LogP contribution in [0.25, 0.3) is 0 Å². The third-order valence-electron chi connectivity index (χ3n) is 3.98. The molecule has 1 aliphatic heterocycles. The van der Waals surface area contributed by atoms with Gasteiger partial charge in [0, 0.05) is 0 Å². The van der Waals surface area contributed by atoms with E-state index in [-0.39, 0.29) is 34.9 Å². The molecule has 2 unspecified atom stereocenters. The lowest BCUT2D eigenvalue weighted by atomic mass is 9.86. The van der Waals surface area contributed by atoms with E-state index < -0.39 is 9.84 Å². The van der Waals surface area contributed by atoms with Gasteiger partial charge < -0.3 is 10.5 Å². The molecule has 2 atom stereocenters. The van der Waals surface area contributed by atoms with E-state index in [2.05, 4.69) is 0 Å². The largest absolute Gasteiger partial charge is 0.494 e. The third kappa shape index (κ3) is 3.30. The second-order valence-corrected chi connectivity index (χ2v) is 7.53. The molecule has 1 saturated heterocycles. The maximum Gasteiger partial charge on any atom is 0.168 e. The molecule has 0 aliphatic carbocycles. The van der Waals surface area contributed by atoms with E-state index in [9.17, 15) is 12.8 Å². The summed E-state index contributed by atoms with van der Waals surface area (Å²) < 4.78 is 42.2. The van der Waals surface area contributed by atoms with Gasteiger partial charge in [-0.1, -0.05) is 12.1 Å². The summed E-state index contributed by atoms with van der Waals surface area (Å²) in [5.41, 5.74) is 6.29.